The molecule has 0 radical (unpaired) electrons. The molecule has 0 heterocycles. The topological polar surface area (TPSA) is 0 Å². The molecule has 5 fully saturated rings. The third-order valence-electron chi connectivity index (χ3n) is 6.75. The Morgan fingerprint density at radius 1 is 0.0741 bits per heavy atom. The highest BCUT2D eigenvalue weighted by Gasteiger charge is 1.97. The maximum atomic E-state index is 1.50. The van der Waals surface area contributed by atoms with Gasteiger partial charge in [-0.1, -0.05) is 173 Å². The van der Waals surface area contributed by atoms with Gasteiger partial charge in [-0.3, -0.25) is 0 Å². The van der Waals surface area contributed by atoms with Crippen molar-refractivity contribution in [3.8, 4) is 0 Å². The molecule has 0 bridgehead atoms. The molecule has 0 unspecified atom stereocenters. The summed E-state index contributed by atoms with van der Waals surface area (Å²) in [5.74, 6) is 0. The van der Waals surface area contributed by atoms with Crippen LogP contribution in [0.5, 0.6) is 0 Å². The van der Waals surface area contributed by atoms with Crippen LogP contribution in [0.25, 0.3) is 0 Å². The average molecular weight is 379 g/mol. The first-order chi connectivity index (χ1) is 13.5. The SMILES string of the molecule is C1CCC1.C1CCCC1.C1CCCCC1.C1CCCCC1.C1CCCCC1. The molecule has 0 aliphatic heterocycles. The lowest BCUT2D eigenvalue weighted by atomic mass is 10.0. The third kappa shape index (κ3) is 20.5. The Hall–Kier alpha value is 0. The molecule has 0 aromatic carbocycles. The number of hydrogen-bond donors (Lipinski definition) is 0. The highest BCUT2D eigenvalue weighted by molar-refractivity contribution is 4.53. The van der Waals surface area contributed by atoms with Crippen LogP contribution in [0.15, 0.2) is 0 Å². The highest BCUT2D eigenvalue weighted by atomic mass is 14.0. The van der Waals surface area contributed by atoms with Crippen LogP contribution in [0, 0.1) is 0 Å². The lowest BCUT2D eigenvalue weighted by Crippen LogP contribution is -1.85. The van der Waals surface area contributed by atoms with Crippen LogP contribution in [-0.4, -0.2) is 0 Å². The normalized spacial score (nSPS) is 24.0. The third-order valence-corrected chi connectivity index (χ3v) is 6.75. The smallest absolute Gasteiger partial charge is 0.0533 e. The molecule has 0 nitrogen and oxygen atoms in total. The van der Waals surface area contributed by atoms with Crippen LogP contribution in [0.3, 0.4) is 0 Å². The van der Waals surface area contributed by atoms with Gasteiger partial charge < -0.3 is 0 Å². The summed E-state index contributed by atoms with van der Waals surface area (Å²) in [6.07, 6.45) is 40.5. The van der Waals surface area contributed by atoms with E-state index in [0.29, 0.717) is 0 Å². The Bertz CT molecular complexity index is 162. The van der Waals surface area contributed by atoms with E-state index in [9.17, 15) is 0 Å². The van der Waals surface area contributed by atoms with Gasteiger partial charge in [0, 0.05) is 0 Å². The first-order valence-electron chi connectivity index (χ1n) is 13.5. The molecule has 0 aromatic heterocycles. The van der Waals surface area contributed by atoms with E-state index in [1.807, 2.05) is 0 Å². The molecule has 5 aliphatic rings. The maximum Gasteiger partial charge on any atom is -0.0533 e. The summed E-state index contributed by atoms with van der Waals surface area (Å²) in [6, 6.07) is 0. The van der Waals surface area contributed by atoms with Crippen LogP contribution in [0.1, 0.15) is 173 Å². The Labute approximate surface area is 173 Å². The molecule has 5 rings (SSSR count). The largest absolute Gasteiger partial charge is 0.0533 e. The standard InChI is InChI=1S/3C6H12.C5H10.C4H8/c3*1-2-4-6-5-3-1;1-2-4-5-3-1;1-2-4-3-1/h3*1-6H2;1-5H2;1-4H2. The zero-order chi connectivity index (χ0) is 19.1. The summed E-state index contributed by atoms with van der Waals surface area (Å²) >= 11 is 0. The maximum absolute atomic E-state index is 1.50. The van der Waals surface area contributed by atoms with Crippen LogP contribution in [0.4, 0.5) is 0 Å². The Kier molecular flexibility index (Phi) is 20.7. The Morgan fingerprint density at radius 3 is 0.148 bits per heavy atom. The second kappa shape index (κ2) is 22.3. The fraction of sp³-hybridized carbons (Fsp3) is 1.00. The van der Waals surface area contributed by atoms with Gasteiger partial charge in [-0.05, 0) is 0 Å². The van der Waals surface area contributed by atoms with Crippen molar-refractivity contribution in [1.29, 1.82) is 0 Å². The monoisotopic (exact) mass is 378 g/mol. The first kappa shape index (κ1) is 25.0. The van der Waals surface area contributed by atoms with E-state index in [1.54, 1.807) is 0 Å². The lowest BCUT2D eigenvalue weighted by Gasteiger charge is -2.05. The number of hydrogen-bond acceptors (Lipinski definition) is 0. The van der Waals surface area contributed by atoms with Gasteiger partial charge in [-0.2, -0.15) is 0 Å². The molecule has 27 heavy (non-hydrogen) atoms. The molecule has 0 N–H and O–H groups in total. The van der Waals surface area contributed by atoms with Crippen LogP contribution < -0.4 is 0 Å². The van der Waals surface area contributed by atoms with Gasteiger partial charge >= 0.3 is 0 Å². The van der Waals surface area contributed by atoms with Crippen LogP contribution >= 0.6 is 0 Å². The summed E-state index contributed by atoms with van der Waals surface area (Å²) in [5.41, 5.74) is 0. The van der Waals surface area contributed by atoms with Crippen molar-refractivity contribution in [3.63, 3.8) is 0 Å². The summed E-state index contributed by atoms with van der Waals surface area (Å²) in [6.45, 7) is 0. The van der Waals surface area contributed by atoms with E-state index in [-0.39, 0.29) is 0 Å². The minimum atomic E-state index is 1.50. The van der Waals surface area contributed by atoms with E-state index in [2.05, 4.69) is 0 Å². The molecule has 5 aliphatic carbocycles. The summed E-state index contributed by atoms with van der Waals surface area (Å²) in [7, 11) is 0. The van der Waals surface area contributed by atoms with Gasteiger partial charge in [-0.25, -0.2) is 0 Å². The van der Waals surface area contributed by atoms with Crippen molar-refractivity contribution in [2.75, 3.05) is 0 Å². The molecule has 0 heteroatoms. The first-order valence-corrected chi connectivity index (χ1v) is 13.5. The van der Waals surface area contributed by atoms with E-state index >= 15 is 0 Å². The zero-order valence-electron chi connectivity index (χ0n) is 19.1. The molecule has 0 amide bonds. The molecular weight excluding hydrogens is 324 g/mol. The van der Waals surface area contributed by atoms with E-state index in [1.165, 1.54) is 173 Å². The fourth-order valence-electron chi connectivity index (χ4n) is 4.32. The summed E-state index contributed by atoms with van der Waals surface area (Å²) in [4.78, 5) is 0. The summed E-state index contributed by atoms with van der Waals surface area (Å²) < 4.78 is 0. The van der Waals surface area contributed by atoms with Crippen LogP contribution in [0.2, 0.25) is 0 Å². The number of rotatable bonds is 0. The predicted octanol–water partition coefficient (Wildman–Crippen LogP) is 10.5. The minimum Gasteiger partial charge on any atom is -0.0533 e. The summed E-state index contributed by atoms with van der Waals surface area (Å²) in [5, 5.41) is 0. The van der Waals surface area contributed by atoms with Crippen LogP contribution in [-0.2, 0) is 0 Å². The molecule has 0 aromatic rings. The van der Waals surface area contributed by atoms with Gasteiger partial charge in [0.25, 0.3) is 0 Å². The second-order valence-electron chi connectivity index (χ2n) is 9.55. The highest BCUT2D eigenvalue weighted by Crippen LogP contribution is 2.17. The van der Waals surface area contributed by atoms with E-state index in [0.717, 1.165) is 0 Å². The minimum absolute atomic E-state index is 1.50. The molecular formula is C27H54. The molecule has 5 saturated carbocycles. The average Bonchev–Trinajstić information content (AvgIpc) is 3.32. The van der Waals surface area contributed by atoms with Crippen molar-refractivity contribution in [3.05, 3.63) is 0 Å². The van der Waals surface area contributed by atoms with Crippen molar-refractivity contribution in [1.82, 2.24) is 0 Å². The van der Waals surface area contributed by atoms with Gasteiger partial charge in [0.2, 0.25) is 0 Å². The Balaban J connectivity index is 0.000000170. The quantitative estimate of drug-likeness (QED) is 0.393. The van der Waals surface area contributed by atoms with Crippen molar-refractivity contribution >= 4 is 0 Å². The Morgan fingerprint density at radius 2 is 0.111 bits per heavy atom. The van der Waals surface area contributed by atoms with E-state index in [4.69, 9.17) is 0 Å². The molecule has 0 atom stereocenters. The van der Waals surface area contributed by atoms with Gasteiger partial charge in [0.1, 0.15) is 0 Å². The lowest BCUT2D eigenvalue weighted by molar-refractivity contribution is 0.504. The second-order valence-corrected chi connectivity index (χ2v) is 9.55. The van der Waals surface area contributed by atoms with Crippen molar-refractivity contribution < 1.29 is 0 Å². The van der Waals surface area contributed by atoms with Crippen molar-refractivity contribution in [2.45, 2.75) is 173 Å². The van der Waals surface area contributed by atoms with E-state index < -0.39 is 0 Å². The van der Waals surface area contributed by atoms with Gasteiger partial charge in [-0.15, -0.1) is 0 Å². The van der Waals surface area contributed by atoms with Gasteiger partial charge in [0.15, 0.2) is 0 Å². The molecule has 0 spiro atoms. The fourth-order valence-corrected chi connectivity index (χ4v) is 4.32. The van der Waals surface area contributed by atoms with Gasteiger partial charge in [0.05, 0.1) is 0 Å². The molecule has 162 valence electrons. The molecule has 0 saturated heterocycles. The van der Waals surface area contributed by atoms with Crippen molar-refractivity contribution in [2.24, 2.45) is 0 Å². The predicted molar refractivity (Wildman–Crippen MR) is 125 cm³/mol. The zero-order valence-corrected chi connectivity index (χ0v) is 19.1.